The number of alkyl halides is 3. The SMILES string of the molecule is CCOC(=O)C12CC1C=CCCCCCC(N)C(=O)N1CC(OC(=O)N3CCc4cccc(C(F)(F)F)c4C3)CC1C(=O)N2. The zero-order valence-electron chi connectivity index (χ0n) is 24.7. The number of carbonyl (C=O) groups is 4. The van der Waals surface area contributed by atoms with Gasteiger partial charge in [-0.25, -0.2) is 9.59 Å². The summed E-state index contributed by atoms with van der Waals surface area (Å²) in [6.45, 7) is 1.60. The molecular weight excluding hydrogens is 581 g/mol. The number of nitrogens with one attached hydrogen (secondary N) is 1. The van der Waals surface area contributed by atoms with Gasteiger partial charge in [0.1, 0.15) is 17.7 Å². The third kappa shape index (κ3) is 6.57. The van der Waals surface area contributed by atoms with Crippen LogP contribution in [-0.2, 0) is 43.0 Å². The lowest BCUT2D eigenvalue weighted by molar-refractivity contribution is -0.150. The van der Waals surface area contributed by atoms with Crippen LogP contribution in [0.15, 0.2) is 30.4 Å². The number of nitrogens with zero attached hydrogens (tertiary/aromatic N) is 2. The normalized spacial score (nSPS) is 29.4. The molecule has 1 aromatic carbocycles. The number of rotatable bonds is 3. The van der Waals surface area contributed by atoms with E-state index in [0.717, 1.165) is 31.7 Å². The highest BCUT2D eigenvalue weighted by Gasteiger charge is 2.62. The van der Waals surface area contributed by atoms with Gasteiger partial charge in [-0.3, -0.25) is 9.59 Å². The van der Waals surface area contributed by atoms with Crippen molar-refractivity contribution < 1.29 is 41.8 Å². The number of halogens is 3. The Balaban J connectivity index is 1.33. The molecule has 0 spiro atoms. The largest absolute Gasteiger partial charge is 0.464 e. The Morgan fingerprint density at radius 1 is 1.18 bits per heavy atom. The summed E-state index contributed by atoms with van der Waals surface area (Å²) in [6, 6.07) is 2.03. The molecule has 1 saturated heterocycles. The van der Waals surface area contributed by atoms with E-state index in [4.69, 9.17) is 15.2 Å². The van der Waals surface area contributed by atoms with Crippen molar-refractivity contribution in [1.29, 1.82) is 0 Å². The predicted octanol–water partition coefficient (Wildman–Crippen LogP) is 3.46. The van der Waals surface area contributed by atoms with Gasteiger partial charge >= 0.3 is 18.2 Å². The summed E-state index contributed by atoms with van der Waals surface area (Å²) in [5, 5.41) is 2.84. The van der Waals surface area contributed by atoms with Crippen molar-refractivity contribution in [3.8, 4) is 0 Å². The molecule has 3 aliphatic heterocycles. The highest BCUT2D eigenvalue weighted by Crippen LogP contribution is 2.46. The summed E-state index contributed by atoms with van der Waals surface area (Å²) in [6.07, 6.45) is 1.85. The number of hydrogen-bond acceptors (Lipinski definition) is 7. The van der Waals surface area contributed by atoms with Crippen LogP contribution in [0.2, 0.25) is 0 Å². The average molecular weight is 621 g/mol. The Bertz CT molecular complexity index is 1320. The molecule has 0 aromatic heterocycles. The first-order valence-corrected chi connectivity index (χ1v) is 15.3. The number of ether oxygens (including phenoxy) is 2. The number of carbonyl (C=O) groups excluding carboxylic acids is 4. The van der Waals surface area contributed by atoms with Crippen LogP contribution < -0.4 is 11.1 Å². The van der Waals surface area contributed by atoms with Crippen LogP contribution in [0.1, 0.15) is 68.6 Å². The molecule has 3 amide bonds. The van der Waals surface area contributed by atoms with E-state index in [1.165, 1.54) is 15.9 Å². The Labute approximate surface area is 254 Å². The van der Waals surface area contributed by atoms with Crippen molar-refractivity contribution >= 4 is 23.9 Å². The standard InChI is InChI=1S/C31H39F3N4O6/c1-2-43-28(41)30-16-20(30)10-6-4-3-5-7-12-24(35)27(40)38-17-21(15-25(38)26(39)36-30)44-29(42)37-14-13-19-9-8-11-23(22(19)18-37)31(32,33)34/h6,8-11,20-21,24-25H,2-5,7,12-18,35H2,1H3,(H,36,39). The first-order valence-electron chi connectivity index (χ1n) is 15.3. The Kier molecular flexibility index (Phi) is 9.24. The van der Waals surface area contributed by atoms with Gasteiger partial charge in [0.05, 0.1) is 24.8 Å². The van der Waals surface area contributed by atoms with E-state index in [-0.39, 0.29) is 50.6 Å². The summed E-state index contributed by atoms with van der Waals surface area (Å²) < 4.78 is 51.9. The van der Waals surface area contributed by atoms with Gasteiger partial charge in [0, 0.05) is 25.4 Å². The molecule has 10 nitrogen and oxygen atoms in total. The van der Waals surface area contributed by atoms with E-state index in [2.05, 4.69) is 5.32 Å². The second-order valence-corrected chi connectivity index (χ2v) is 12.0. The summed E-state index contributed by atoms with van der Waals surface area (Å²) >= 11 is 0. The minimum atomic E-state index is -4.57. The molecule has 13 heteroatoms. The number of esters is 1. The van der Waals surface area contributed by atoms with Gasteiger partial charge in [-0.1, -0.05) is 37.1 Å². The molecular formula is C31H39F3N4O6. The van der Waals surface area contributed by atoms with E-state index >= 15 is 0 Å². The fourth-order valence-corrected chi connectivity index (χ4v) is 6.51. The number of nitrogens with two attached hydrogens (primary N) is 1. The molecule has 4 aliphatic rings. The maximum Gasteiger partial charge on any atom is 0.416 e. The lowest BCUT2D eigenvalue weighted by Crippen LogP contribution is -2.55. The topological polar surface area (TPSA) is 131 Å². The number of fused-ring (bicyclic) bond motifs is 3. The van der Waals surface area contributed by atoms with Crippen LogP contribution >= 0.6 is 0 Å². The lowest BCUT2D eigenvalue weighted by atomic mass is 9.95. The highest BCUT2D eigenvalue weighted by molar-refractivity contribution is 5.96. The molecule has 3 N–H and O–H groups in total. The van der Waals surface area contributed by atoms with E-state index < -0.39 is 59.3 Å². The van der Waals surface area contributed by atoms with Crippen molar-refractivity contribution in [3.63, 3.8) is 0 Å². The first-order chi connectivity index (χ1) is 20.9. The Morgan fingerprint density at radius 3 is 2.73 bits per heavy atom. The second kappa shape index (κ2) is 12.8. The monoisotopic (exact) mass is 620 g/mol. The lowest BCUT2D eigenvalue weighted by Gasteiger charge is -2.31. The van der Waals surface area contributed by atoms with E-state index in [9.17, 15) is 32.3 Å². The van der Waals surface area contributed by atoms with Crippen LogP contribution in [0.5, 0.6) is 0 Å². The summed E-state index contributed by atoms with van der Waals surface area (Å²) in [4.78, 5) is 55.8. The van der Waals surface area contributed by atoms with Gasteiger partial charge in [0.2, 0.25) is 11.8 Å². The molecule has 0 bridgehead atoms. The van der Waals surface area contributed by atoms with Crippen molar-refractivity contribution in [1.82, 2.24) is 15.1 Å². The molecule has 240 valence electrons. The van der Waals surface area contributed by atoms with E-state index in [0.29, 0.717) is 18.4 Å². The minimum absolute atomic E-state index is 0.0279. The average Bonchev–Trinajstić information content (AvgIpc) is 3.52. The van der Waals surface area contributed by atoms with Crippen LogP contribution in [0.4, 0.5) is 18.0 Å². The molecule has 5 unspecified atom stereocenters. The van der Waals surface area contributed by atoms with Gasteiger partial charge in [0.25, 0.3) is 0 Å². The second-order valence-electron chi connectivity index (χ2n) is 12.0. The van der Waals surface area contributed by atoms with Crippen LogP contribution in [0.25, 0.3) is 0 Å². The van der Waals surface area contributed by atoms with Gasteiger partial charge in [-0.05, 0) is 56.2 Å². The van der Waals surface area contributed by atoms with Gasteiger partial charge in [-0.15, -0.1) is 0 Å². The minimum Gasteiger partial charge on any atom is -0.464 e. The van der Waals surface area contributed by atoms with Crippen molar-refractivity contribution in [2.45, 2.75) is 94.7 Å². The third-order valence-electron chi connectivity index (χ3n) is 9.02. The molecule has 1 aromatic rings. The van der Waals surface area contributed by atoms with Crippen molar-refractivity contribution in [2.75, 3.05) is 19.7 Å². The fraction of sp³-hybridized carbons (Fsp3) is 0.613. The van der Waals surface area contributed by atoms with E-state index in [1.54, 1.807) is 13.0 Å². The van der Waals surface area contributed by atoms with Crippen molar-refractivity contribution in [2.24, 2.45) is 11.7 Å². The van der Waals surface area contributed by atoms with Gasteiger partial charge in [0.15, 0.2) is 0 Å². The maximum absolute atomic E-state index is 13.7. The number of hydrogen-bond donors (Lipinski definition) is 2. The molecule has 1 aliphatic carbocycles. The zero-order valence-corrected chi connectivity index (χ0v) is 24.7. The molecule has 44 heavy (non-hydrogen) atoms. The number of amides is 3. The van der Waals surface area contributed by atoms with Gasteiger partial charge < -0.3 is 30.3 Å². The summed E-state index contributed by atoms with van der Waals surface area (Å²) in [5.74, 6) is -1.84. The van der Waals surface area contributed by atoms with Crippen LogP contribution in [0, 0.1) is 5.92 Å². The molecule has 0 radical (unpaired) electrons. The summed E-state index contributed by atoms with van der Waals surface area (Å²) in [5.41, 5.74) is 4.76. The van der Waals surface area contributed by atoms with E-state index in [1.807, 2.05) is 12.2 Å². The van der Waals surface area contributed by atoms with Crippen molar-refractivity contribution in [3.05, 3.63) is 47.0 Å². The van der Waals surface area contributed by atoms with Crippen LogP contribution in [-0.4, -0.2) is 77.1 Å². The smallest absolute Gasteiger partial charge is 0.416 e. The molecule has 3 heterocycles. The molecule has 1 saturated carbocycles. The molecule has 2 fully saturated rings. The maximum atomic E-state index is 13.7. The number of benzene rings is 1. The van der Waals surface area contributed by atoms with Gasteiger partial charge in [-0.2, -0.15) is 13.2 Å². The van der Waals surface area contributed by atoms with Crippen LogP contribution in [0.3, 0.4) is 0 Å². The predicted molar refractivity (Wildman–Crippen MR) is 152 cm³/mol. The quantitative estimate of drug-likeness (QED) is 0.391. The first kappa shape index (κ1) is 31.8. The zero-order chi connectivity index (χ0) is 31.6. The number of allylic oxidation sites excluding steroid dienone is 1. The Hall–Kier alpha value is -3.61. The summed E-state index contributed by atoms with van der Waals surface area (Å²) in [7, 11) is 0. The fourth-order valence-electron chi connectivity index (χ4n) is 6.51. The molecule has 5 rings (SSSR count). The Morgan fingerprint density at radius 2 is 1.98 bits per heavy atom. The highest BCUT2D eigenvalue weighted by atomic mass is 19.4. The molecule has 5 atom stereocenters. The third-order valence-corrected chi connectivity index (χ3v) is 9.02.